The minimum absolute atomic E-state index is 0.00469. The largest absolute Gasteiger partial charge is 0.530 e. The van der Waals surface area contributed by atoms with E-state index in [1.54, 1.807) is 0 Å². The number of aliphatic hydroxyl groups is 2. The van der Waals surface area contributed by atoms with Crippen molar-refractivity contribution >= 4 is 31.6 Å². The lowest BCUT2D eigenvalue weighted by Crippen LogP contribution is -2.43. The molecule has 14 heteroatoms. The smallest absolute Gasteiger partial charge is 0.404 e. The average Bonchev–Trinajstić information content (AvgIpc) is 2.96. The normalized spacial score (nSPS) is 33.9. The number of alkyl halides is 1. The third kappa shape index (κ3) is 4.22. The highest BCUT2D eigenvalue weighted by molar-refractivity contribution is 7.71. The van der Waals surface area contributed by atoms with Gasteiger partial charge in [0.15, 0.2) is 6.23 Å². The van der Waals surface area contributed by atoms with Gasteiger partial charge in [0.25, 0.3) is 5.85 Å². The van der Waals surface area contributed by atoms with Crippen molar-refractivity contribution in [2.75, 3.05) is 6.56 Å². The molecule has 5 atom stereocenters. The summed E-state index contributed by atoms with van der Waals surface area (Å²) < 4.78 is 65.2. The van der Waals surface area contributed by atoms with Crippen LogP contribution >= 0.6 is 31.6 Å². The molecule has 31 heavy (non-hydrogen) atoms. The molecule has 1 aromatic heterocycles. The number of hydrogen-bond donors (Lipinski definition) is 3. The van der Waals surface area contributed by atoms with E-state index in [1.165, 1.54) is 25.1 Å². The third-order valence-electron chi connectivity index (χ3n) is 4.62. The number of H-pyrrole nitrogens is 1. The summed E-state index contributed by atoms with van der Waals surface area (Å²) in [5, 5.41) is 21.0. The second-order valence-corrected chi connectivity index (χ2v) is 9.19. The van der Waals surface area contributed by atoms with Gasteiger partial charge in [-0.3, -0.25) is 18.6 Å². The molecule has 3 N–H and O–H groups in total. The Labute approximate surface area is 187 Å². The van der Waals surface area contributed by atoms with E-state index in [0.717, 1.165) is 6.20 Å². The van der Waals surface area contributed by atoms with Gasteiger partial charge in [-0.1, -0.05) is 23.8 Å². The van der Waals surface area contributed by atoms with Gasteiger partial charge in [-0.2, -0.15) is 0 Å². The highest BCUT2D eigenvalue weighted by Gasteiger charge is 2.57. The number of rotatable bonds is 4. The fraction of sp³-hybridized carbons (Fsp3) is 0.412. The van der Waals surface area contributed by atoms with E-state index in [2.05, 4.69) is 4.98 Å². The van der Waals surface area contributed by atoms with Crippen LogP contribution < -0.4 is 10.2 Å². The minimum atomic E-state index is -4.76. The first kappa shape index (κ1) is 20.0. The summed E-state index contributed by atoms with van der Waals surface area (Å²) in [6, 6.07) is 4.21. The Morgan fingerprint density at radius 3 is 3.03 bits per heavy atom. The molecule has 3 heterocycles. The van der Waals surface area contributed by atoms with Crippen LogP contribution in [-0.4, -0.2) is 44.4 Å². The molecule has 168 valence electrons. The van der Waals surface area contributed by atoms with E-state index in [9.17, 15) is 19.6 Å². The zero-order chi connectivity index (χ0) is 24.3. The van der Waals surface area contributed by atoms with E-state index in [0.29, 0.717) is 20.7 Å². The number of nitrogens with one attached hydrogen (secondary N) is 1. The number of halogens is 2. The second kappa shape index (κ2) is 8.05. The molecular formula is C17H17ClFN2O8PS. The Morgan fingerprint density at radius 2 is 2.29 bits per heavy atom. The fourth-order valence-electron chi connectivity index (χ4n) is 2.98. The Hall–Kier alpha value is -1.63. The van der Waals surface area contributed by atoms with E-state index in [-0.39, 0.29) is 17.0 Å². The SMILES string of the molecule is [2H]C([2H])(OP1(=O)OCc2cc(Cl)ccc2O1)[C@@]1(F)O[C@@H](n2cc(C)c(=S)[nH]c2=O)[C@H](O)[C@@H]1O. The summed E-state index contributed by atoms with van der Waals surface area (Å²) >= 11 is 10.8. The van der Waals surface area contributed by atoms with Crippen LogP contribution in [0.1, 0.15) is 20.1 Å². The van der Waals surface area contributed by atoms with Crippen molar-refractivity contribution in [3.05, 3.63) is 55.7 Å². The molecule has 2 aliphatic rings. The first-order valence-electron chi connectivity index (χ1n) is 9.75. The Bertz CT molecular complexity index is 1280. The third-order valence-corrected chi connectivity index (χ3v) is 6.46. The molecule has 0 aliphatic carbocycles. The van der Waals surface area contributed by atoms with Crippen molar-refractivity contribution in [2.24, 2.45) is 0 Å². The topological polar surface area (TPSA) is 132 Å². The van der Waals surface area contributed by atoms with Crippen LogP contribution in [-0.2, 0) is 25.0 Å². The molecule has 1 fully saturated rings. The maximum atomic E-state index is 15.7. The monoisotopic (exact) mass is 496 g/mol. The molecule has 1 aromatic carbocycles. The van der Waals surface area contributed by atoms with Gasteiger partial charge >= 0.3 is 13.5 Å². The molecule has 2 aromatic rings. The number of aromatic nitrogens is 2. The van der Waals surface area contributed by atoms with Crippen LogP contribution in [0.4, 0.5) is 4.39 Å². The van der Waals surface area contributed by atoms with Crippen LogP contribution in [0.5, 0.6) is 5.75 Å². The summed E-state index contributed by atoms with van der Waals surface area (Å²) in [5.41, 5.74) is -0.163. The van der Waals surface area contributed by atoms with E-state index in [1.807, 2.05) is 0 Å². The number of fused-ring (bicyclic) bond motifs is 1. The predicted molar refractivity (Wildman–Crippen MR) is 107 cm³/mol. The predicted octanol–water partition coefficient (Wildman–Crippen LogP) is 2.52. The van der Waals surface area contributed by atoms with Crippen LogP contribution in [0.2, 0.25) is 5.02 Å². The zero-order valence-electron chi connectivity index (χ0n) is 17.7. The first-order chi connectivity index (χ1) is 15.3. The summed E-state index contributed by atoms with van der Waals surface area (Å²) in [4.78, 5) is 14.5. The number of aryl methyl sites for hydroxylation is 1. The number of ether oxygens (including phenoxy) is 1. The molecule has 0 bridgehead atoms. The number of benzene rings is 1. The van der Waals surface area contributed by atoms with E-state index in [4.69, 9.17) is 44.9 Å². The van der Waals surface area contributed by atoms with Gasteiger partial charge in [-0.05, 0) is 25.1 Å². The molecule has 0 spiro atoms. The molecule has 10 nitrogen and oxygen atoms in total. The number of nitrogens with zero attached hydrogens (tertiary/aromatic N) is 1. The summed E-state index contributed by atoms with van der Waals surface area (Å²) in [6.07, 6.45) is -5.41. The fourth-order valence-corrected chi connectivity index (χ4v) is 4.41. The molecule has 4 rings (SSSR count). The molecule has 0 radical (unpaired) electrons. The lowest BCUT2D eigenvalue weighted by Gasteiger charge is -2.28. The van der Waals surface area contributed by atoms with Crippen molar-refractivity contribution in [3.63, 3.8) is 0 Å². The highest BCUT2D eigenvalue weighted by atomic mass is 35.5. The van der Waals surface area contributed by atoms with E-state index >= 15 is 4.39 Å². The number of hydrogen-bond acceptors (Lipinski definition) is 9. The van der Waals surface area contributed by atoms with Gasteiger partial charge in [0.2, 0.25) is 0 Å². The number of aliphatic hydroxyl groups excluding tert-OH is 2. The van der Waals surface area contributed by atoms with Crippen LogP contribution in [0.25, 0.3) is 0 Å². The van der Waals surface area contributed by atoms with Gasteiger partial charge in [0.1, 0.15) is 29.2 Å². The molecule has 0 saturated carbocycles. The quantitative estimate of drug-likeness (QED) is 0.431. The van der Waals surface area contributed by atoms with Gasteiger partial charge in [0.05, 0.1) is 9.35 Å². The second-order valence-electron chi connectivity index (χ2n) is 6.82. The minimum Gasteiger partial charge on any atom is -0.404 e. The number of phosphoric ester groups is 1. The van der Waals surface area contributed by atoms with Crippen LogP contribution in [0.15, 0.2) is 29.2 Å². The maximum absolute atomic E-state index is 15.7. The molecule has 1 unspecified atom stereocenters. The Balaban J connectivity index is 1.63. The molecular weight excluding hydrogens is 478 g/mol. The van der Waals surface area contributed by atoms with Gasteiger partial charge < -0.3 is 19.5 Å². The highest BCUT2D eigenvalue weighted by Crippen LogP contribution is 2.56. The lowest BCUT2D eigenvalue weighted by atomic mass is 10.1. The molecule has 2 aliphatic heterocycles. The summed E-state index contributed by atoms with van der Waals surface area (Å²) in [6.45, 7) is -2.51. The standard InChI is InChI=1S/C17H17ClFN2O8PS/c1-8-5-21(16(24)20-14(8)31)15-12(22)13(23)17(19,28-15)7-27-30(25)26-6-9-4-10(18)2-3-11(9)29-30/h2-5,12-13,15,22-23H,6-7H2,1H3,(H,20,24,31)/t12-,13+,15-,17-,30?/m1/s1/i7D2. The number of aromatic amines is 1. The van der Waals surface area contributed by atoms with Crippen molar-refractivity contribution < 1.29 is 40.2 Å². The van der Waals surface area contributed by atoms with Gasteiger partial charge in [-0.15, -0.1) is 0 Å². The maximum Gasteiger partial charge on any atom is 0.530 e. The van der Waals surface area contributed by atoms with Crippen molar-refractivity contribution in [2.45, 2.75) is 37.8 Å². The van der Waals surface area contributed by atoms with Gasteiger partial charge in [0, 0.05) is 22.3 Å². The average molecular weight is 497 g/mol. The van der Waals surface area contributed by atoms with Crippen molar-refractivity contribution in [1.82, 2.24) is 9.55 Å². The van der Waals surface area contributed by atoms with Crippen molar-refractivity contribution in [1.29, 1.82) is 0 Å². The number of phosphoric acid groups is 1. The Kier molecular flexibility index (Phi) is 5.20. The Morgan fingerprint density at radius 1 is 1.55 bits per heavy atom. The van der Waals surface area contributed by atoms with Gasteiger partial charge in [-0.25, -0.2) is 13.8 Å². The molecule has 0 amide bonds. The first-order valence-corrected chi connectivity index (χ1v) is 11.0. The lowest BCUT2D eigenvalue weighted by molar-refractivity contribution is -0.205. The van der Waals surface area contributed by atoms with E-state index < -0.39 is 44.4 Å². The zero-order valence-corrected chi connectivity index (χ0v) is 18.1. The van der Waals surface area contributed by atoms with Crippen LogP contribution in [0, 0.1) is 11.6 Å². The van der Waals surface area contributed by atoms with Crippen molar-refractivity contribution in [3.8, 4) is 5.75 Å². The summed E-state index contributed by atoms with van der Waals surface area (Å²) in [5.74, 6) is -3.79. The van der Waals surface area contributed by atoms with Crippen LogP contribution in [0.3, 0.4) is 0 Å². The summed E-state index contributed by atoms with van der Waals surface area (Å²) in [7, 11) is -4.76. The molecule has 1 saturated heterocycles.